The molecule has 4 N–H and O–H groups in total. The highest BCUT2D eigenvalue weighted by Gasteiger charge is 2.33. The van der Waals surface area contributed by atoms with Crippen LogP contribution in [0.15, 0.2) is 113 Å². The van der Waals surface area contributed by atoms with Crippen LogP contribution in [0.5, 0.6) is 17.5 Å². The minimum Gasteiger partial charge on any atom is -0.496 e. The van der Waals surface area contributed by atoms with Gasteiger partial charge in [-0.15, -0.1) is 0 Å². The minimum atomic E-state index is -1.30. The molecule has 3 aromatic heterocycles. The Bertz CT molecular complexity index is 2350. The first-order chi connectivity index (χ1) is 25.3. The zero-order valence-electron chi connectivity index (χ0n) is 28.2. The maximum Gasteiger partial charge on any atom is 0.259 e. The van der Waals surface area contributed by atoms with E-state index < -0.39 is 28.8 Å². The summed E-state index contributed by atoms with van der Waals surface area (Å²) in [5.41, 5.74) is 1.49. The van der Waals surface area contributed by atoms with Crippen molar-refractivity contribution < 1.29 is 14.9 Å². The standard InChI is InChI=1S/C39H36N6O5S2/c1-50-30-18-17-24(21-26(30)23-43-20-9-8-16-29(43)25-11-10-19-40-22-25)31(32-34(46)41-38(51)44(36(32)48)27-12-4-2-5-13-27)33-35(47)42-39(52)45(37(33)49)28-14-6-3-7-15-28/h2-7,10-15,17-19,21-22,29,31,48-49H,8-9,16,20,23H2,1H3,(H,41,46,51)(H,42,47,52)/t29-/m1/s1. The van der Waals surface area contributed by atoms with Crippen LogP contribution in [0.1, 0.15) is 59.0 Å². The summed E-state index contributed by atoms with van der Waals surface area (Å²) in [5.74, 6) is -1.66. The fourth-order valence-electron chi connectivity index (χ4n) is 7.16. The number of benzene rings is 3. The molecule has 11 nitrogen and oxygen atoms in total. The first kappa shape index (κ1) is 34.8. The predicted octanol–water partition coefficient (Wildman–Crippen LogP) is 6.83. The fourth-order valence-corrected chi connectivity index (χ4v) is 7.73. The summed E-state index contributed by atoms with van der Waals surface area (Å²) in [6, 6.07) is 27.2. The Kier molecular flexibility index (Phi) is 9.99. The number of rotatable bonds is 9. The van der Waals surface area contributed by atoms with Crippen LogP contribution in [0, 0.1) is 9.54 Å². The lowest BCUT2D eigenvalue weighted by Gasteiger charge is -2.36. The quantitative estimate of drug-likeness (QED) is 0.118. The highest BCUT2D eigenvalue weighted by molar-refractivity contribution is 7.71. The van der Waals surface area contributed by atoms with Gasteiger partial charge in [-0.3, -0.25) is 38.6 Å². The molecule has 7 rings (SSSR count). The van der Waals surface area contributed by atoms with Gasteiger partial charge in [0.1, 0.15) is 5.75 Å². The first-order valence-corrected chi connectivity index (χ1v) is 17.7. The number of methoxy groups -OCH3 is 1. The van der Waals surface area contributed by atoms with E-state index in [0.717, 1.165) is 36.9 Å². The molecule has 1 fully saturated rings. The molecule has 6 aromatic rings. The van der Waals surface area contributed by atoms with Gasteiger partial charge < -0.3 is 14.9 Å². The average molecular weight is 733 g/mol. The van der Waals surface area contributed by atoms with Gasteiger partial charge in [0, 0.05) is 30.5 Å². The van der Waals surface area contributed by atoms with Crippen molar-refractivity contribution in [2.75, 3.05) is 13.7 Å². The van der Waals surface area contributed by atoms with Gasteiger partial charge in [0.2, 0.25) is 11.8 Å². The minimum absolute atomic E-state index is 0.0449. The van der Waals surface area contributed by atoms with Gasteiger partial charge in [-0.1, -0.05) is 55.0 Å². The summed E-state index contributed by atoms with van der Waals surface area (Å²) in [6.45, 7) is 1.32. The maximum atomic E-state index is 14.0. The first-order valence-electron chi connectivity index (χ1n) is 16.8. The number of piperidine rings is 1. The molecule has 264 valence electrons. The van der Waals surface area contributed by atoms with E-state index in [1.807, 2.05) is 30.5 Å². The van der Waals surface area contributed by atoms with Gasteiger partial charge in [-0.2, -0.15) is 0 Å². The number of aromatic nitrogens is 5. The van der Waals surface area contributed by atoms with Crippen LogP contribution in [0.2, 0.25) is 0 Å². The molecule has 0 spiro atoms. The summed E-state index contributed by atoms with van der Waals surface area (Å²) in [4.78, 5) is 40.2. The van der Waals surface area contributed by atoms with Crippen LogP contribution >= 0.6 is 24.4 Å². The van der Waals surface area contributed by atoms with Crippen molar-refractivity contribution in [3.05, 3.63) is 161 Å². The molecular formula is C39H36N6O5S2. The van der Waals surface area contributed by atoms with Crippen molar-refractivity contribution in [1.82, 2.24) is 29.0 Å². The number of nitrogens with zero attached hydrogens (tertiary/aromatic N) is 4. The summed E-state index contributed by atoms with van der Waals surface area (Å²) in [6.07, 6.45) is 6.72. The molecule has 1 atom stereocenters. The number of aromatic amines is 2. The summed E-state index contributed by atoms with van der Waals surface area (Å²) < 4.78 is 8.41. The van der Waals surface area contributed by atoms with E-state index in [4.69, 9.17) is 29.2 Å². The summed E-state index contributed by atoms with van der Waals surface area (Å²) in [7, 11) is 1.59. The lowest BCUT2D eigenvalue weighted by Crippen LogP contribution is -2.33. The van der Waals surface area contributed by atoms with Crippen LogP contribution in [0.3, 0.4) is 0 Å². The van der Waals surface area contributed by atoms with E-state index in [1.54, 1.807) is 74.0 Å². The largest absolute Gasteiger partial charge is 0.496 e. The van der Waals surface area contributed by atoms with Crippen LogP contribution in [0.4, 0.5) is 0 Å². The Morgan fingerprint density at radius 3 is 1.96 bits per heavy atom. The number of para-hydroxylation sites is 2. The van der Waals surface area contributed by atoms with Crippen molar-refractivity contribution in [2.45, 2.75) is 37.8 Å². The van der Waals surface area contributed by atoms with Gasteiger partial charge in [0.05, 0.1) is 35.5 Å². The van der Waals surface area contributed by atoms with Crippen molar-refractivity contribution in [3.63, 3.8) is 0 Å². The van der Waals surface area contributed by atoms with Crippen LogP contribution in [0.25, 0.3) is 11.4 Å². The monoisotopic (exact) mass is 732 g/mol. The molecule has 1 aliphatic rings. The third kappa shape index (κ3) is 6.61. The second-order valence-corrected chi connectivity index (χ2v) is 13.4. The van der Waals surface area contributed by atoms with E-state index in [1.165, 1.54) is 9.13 Å². The molecule has 1 aliphatic heterocycles. The van der Waals surface area contributed by atoms with Crippen molar-refractivity contribution in [3.8, 4) is 28.9 Å². The zero-order valence-corrected chi connectivity index (χ0v) is 29.9. The maximum absolute atomic E-state index is 14.0. The topological polar surface area (TPSA) is 141 Å². The molecular weight excluding hydrogens is 697 g/mol. The van der Waals surface area contributed by atoms with Gasteiger partial charge in [0.15, 0.2) is 9.54 Å². The van der Waals surface area contributed by atoms with E-state index in [-0.39, 0.29) is 26.7 Å². The van der Waals surface area contributed by atoms with Gasteiger partial charge >= 0.3 is 0 Å². The second-order valence-electron chi connectivity index (χ2n) is 12.6. The highest BCUT2D eigenvalue weighted by Crippen LogP contribution is 2.41. The Morgan fingerprint density at radius 2 is 1.42 bits per heavy atom. The van der Waals surface area contributed by atoms with Gasteiger partial charge in [-0.05, 0) is 97.4 Å². The molecule has 0 saturated carbocycles. The smallest absolute Gasteiger partial charge is 0.259 e. The molecule has 52 heavy (non-hydrogen) atoms. The van der Waals surface area contributed by atoms with E-state index in [0.29, 0.717) is 29.2 Å². The fraction of sp³-hybridized carbons (Fsp3) is 0.205. The molecule has 0 amide bonds. The highest BCUT2D eigenvalue weighted by atomic mass is 32.1. The Balaban J connectivity index is 1.47. The van der Waals surface area contributed by atoms with Gasteiger partial charge in [0.25, 0.3) is 11.1 Å². The Hall–Kier alpha value is -5.63. The lowest BCUT2D eigenvalue weighted by molar-refractivity contribution is 0.139. The molecule has 0 bridgehead atoms. The summed E-state index contributed by atoms with van der Waals surface area (Å²) >= 11 is 11.0. The molecule has 1 saturated heterocycles. The van der Waals surface area contributed by atoms with E-state index in [2.05, 4.69) is 25.9 Å². The third-order valence-electron chi connectivity index (χ3n) is 9.54. The normalized spacial score (nSPS) is 14.8. The molecule has 0 radical (unpaired) electrons. The Morgan fingerprint density at radius 1 is 0.827 bits per heavy atom. The summed E-state index contributed by atoms with van der Waals surface area (Å²) in [5, 5.41) is 24.1. The molecule has 0 unspecified atom stereocenters. The number of likely N-dealkylation sites (tertiary alicyclic amines) is 1. The number of pyridine rings is 1. The van der Waals surface area contributed by atoms with Crippen molar-refractivity contribution in [1.29, 1.82) is 0 Å². The number of hydrogen-bond acceptors (Lipinski definition) is 9. The van der Waals surface area contributed by atoms with Crippen LogP contribution in [-0.4, -0.2) is 52.9 Å². The van der Waals surface area contributed by atoms with Crippen LogP contribution < -0.4 is 15.9 Å². The second kappa shape index (κ2) is 14.9. The number of nitrogens with one attached hydrogen (secondary N) is 2. The lowest BCUT2D eigenvalue weighted by atomic mass is 9.85. The molecule has 13 heteroatoms. The number of H-pyrrole nitrogens is 2. The predicted molar refractivity (Wildman–Crippen MR) is 203 cm³/mol. The molecule has 0 aliphatic carbocycles. The van der Waals surface area contributed by atoms with Crippen LogP contribution in [-0.2, 0) is 6.54 Å². The van der Waals surface area contributed by atoms with Crippen molar-refractivity contribution >= 4 is 24.4 Å². The number of aromatic hydroxyl groups is 2. The SMILES string of the molecule is COc1ccc(C(c2c(O)n(-c3ccccc3)c(=S)[nH]c2=O)c2c(O)n(-c3ccccc3)c(=S)[nH]c2=O)cc1CN1CCCC[C@@H]1c1cccnc1. The Labute approximate surface area is 309 Å². The zero-order chi connectivity index (χ0) is 36.4. The van der Waals surface area contributed by atoms with Crippen molar-refractivity contribution in [2.24, 2.45) is 0 Å². The third-order valence-corrected chi connectivity index (χ3v) is 10.1. The van der Waals surface area contributed by atoms with E-state index >= 15 is 0 Å². The molecule has 3 aromatic carbocycles. The number of ether oxygens (including phenoxy) is 1. The average Bonchev–Trinajstić information content (AvgIpc) is 3.15. The number of hydrogen-bond donors (Lipinski definition) is 4. The van der Waals surface area contributed by atoms with E-state index in [9.17, 15) is 19.8 Å². The molecule has 4 heterocycles. The van der Waals surface area contributed by atoms with Gasteiger partial charge in [-0.25, -0.2) is 0 Å².